The molecular formula is C24H16BrCl2N3O3. The summed E-state index contributed by atoms with van der Waals surface area (Å²) in [7, 11) is 0. The Kier molecular flexibility index (Phi) is 6.56. The average Bonchev–Trinajstić information content (AvgIpc) is 2.99. The Morgan fingerprint density at radius 3 is 2.36 bits per heavy atom. The molecule has 4 rings (SSSR count). The summed E-state index contributed by atoms with van der Waals surface area (Å²) in [5.41, 5.74) is 2.52. The van der Waals surface area contributed by atoms with Gasteiger partial charge in [-0.2, -0.15) is 0 Å². The molecule has 1 heterocycles. The summed E-state index contributed by atoms with van der Waals surface area (Å²) in [5, 5.41) is 6.00. The fourth-order valence-electron chi connectivity index (χ4n) is 3.24. The summed E-state index contributed by atoms with van der Waals surface area (Å²) in [6, 6.07) is 18.5. The molecule has 0 radical (unpaired) electrons. The molecule has 166 valence electrons. The molecule has 3 aromatic rings. The third-order valence-electron chi connectivity index (χ3n) is 4.95. The Bertz CT molecular complexity index is 1320. The molecule has 9 heteroatoms. The zero-order valence-electron chi connectivity index (χ0n) is 17.2. The highest BCUT2D eigenvalue weighted by Crippen LogP contribution is 2.31. The number of nitrogens with one attached hydrogen (secondary N) is 2. The minimum Gasteiger partial charge on any atom is -0.349 e. The summed E-state index contributed by atoms with van der Waals surface area (Å²) < 4.78 is 0.836. The molecule has 0 bridgehead atoms. The van der Waals surface area contributed by atoms with E-state index >= 15 is 0 Å². The minimum atomic E-state index is -0.646. The van der Waals surface area contributed by atoms with E-state index in [0.717, 1.165) is 14.9 Å². The molecule has 6 nitrogen and oxygen atoms in total. The van der Waals surface area contributed by atoms with E-state index in [4.69, 9.17) is 23.2 Å². The van der Waals surface area contributed by atoms with Crippen LogP contribution in [0.5, 0.6) is 0 Å². The predicted octanol–water partition coefficient (Wildman–Crippen LogP) is 6.10. The molecule has 0 saturated carbocycles. The molecule has 2 N–H and O–H groups in total. The highest BCUT2D eigenvalue weighted by Gasteiger charge is 2.39. The van der Waals surface area contributed by atoms with Crippen molar-refractivity contribution in [3.05, 3.63) is 98.1 Å². The smallest absolute Gasteiger partial charge is 0.283 e. The molecule has 0 spiro atoms. The van der Waals surface area contributed by atoms with Gasteiger partial charge in [-0.25, -0.2) is 4.90 Å². The third kappa shape index (κ3) is 4.80. The van der Waals surface area contributed by atoms with Gasteiger partial charge >= 0.3 is 0 Å². The number of halogens is 3. The van der Waals surface area contributed by atoms with Crippen molar-refractivity contribution >= 4 is 73.9 Å². The van der Waals surface area contributed by atoms with E-state index < -0.39 is 11.8 Å². The van der Waals surface area contributed by atoms with Crippen LogP contribution in [-0.4, -0.2) is 17.7 Å². The molecule has 0 aliphatic carbocycles. The SMILES string of the molecule is Cc1ccc(C(=O)Nc2cccc(Br)c2)cc1NC1=C(Cl)C(=O)N(c2ccc(Cl)cc2)C1=O. The number of imide groups is 1. The van der Waals surface area contributed by atoms with Gasteiger partial charge in [-0.05, 0) is 67.1 Å². The van der Waals surface area contributed by atoms with Crippen molar-refractivity contribution in [3.8, 4) is 0 Å². The summed E-state index contributed by atoms with van der Waals surface area (Å²) in [6.45, 7) is 1.81. The number of hydrogen-bond acceptors (Lipinski definition) is 4. The van der Waals surface area contributed by atoms with E-state index in [1.807, 2.05) is 19.1 Å². The second-order valence-corrected chi connectivity index (χ2v) is 8.96. The lowest BCUT2D eigenvalue weighted by molar-refractivity contribution is -0.120. The summed E-state index contributed by atoms with van der Waals surface area (Å²) in [5.74, 6) is -1.57. The largest absolute Gasteiger partial charge is 0.349 e. The zero-order valence-corrected chi connectivity index (χ0v) is 20.3. The molecular weight excluding hydrogens is 529 g/mol. The summed E-state index contributed by atoms with van der Waals surface area (Å²) >= 11 is 15.5. The van der Waals surface area contributed by atoms with E-state index in [9.17, 15) is 14.4 Å². The molecule has 0 atom stereocenters. The number of rotatable bonds is 5. The van der Waals surface area contributed by atoms with Crippen LogP contribution in [0, 0.1) is 6.92 Å². The number of anilines is 3. The number of aryl methyl sites for hydroxylation is 1. The predicted molar refractivity (Wildman–Crippen MR) is 134 cm³/mol. The molecule has 3 amide bonds. The lowest BCUT2D eigenvalue weighted by Crippen LogP contribution is -2.32. The van der Waals surface area contributed by atoms with Gasteiger partial charge in [0.2, 0.25) is 0 Å². The van der Waals surface area contributed by atoms with Gasteiger partial charge in [-0.15, -0.1) is 0 Å². The lowest BCUT2D eigenvalue weighted by Gasteiger charge is -2.16. The summed E-state index contributed by atoms with van der Waals surface area (Å²) in [4.78, 5) is 39.4. The first-order valence-corrected chi connectivity index (χ1v) is 11.3. The first-order chi connectivity index (χ1) is 15.7. The topological polar surface area (TPSA) is 78.5 Å². The highest BCUT2D eigenvalue weighted by molar-refractivity contribution is 9.10. The van der Waals surface area contributed by atoms with Gasteiger partial charge in [0.1, 0.15) is 10.7 Å². The first-order valence-electron chi connectivity index (χ1n) is 9.73. The number of carbonyl (C=O) groups excluding carboxylic acids is 3. The van der Waals surface area contributed by atoms with Gasteiger partial charge in [-0.3, -0.25) is 14.4 Å². The van der Waals surface area contributed by atoms with Crippen molar-refractivity contribution in [2.75, 3.05) is 15.5 Å². The van der Waals surface area contributed by atoms with E-state index in [1.54, 1.807) is 54.6 Å². The maximum absolute atomic E-state index is 13.0. The molecule has 33 heavy (non-hydrogen) atoms. The third-order valence-corrected chi connectivity index (χ3v) is 6.05. The zero-order chi connectivity index (χ0) is 23.7. The number of amides is 3. The normalized spacial score (nSPS) is 13.5. The van der Waals surface area contributed by atoms with Crippen LogP contribution < -0.4 is 15.5 Å². The van der Waals surface area contributed by atoms with E-state index in [2.05, 4.69) is 26.6 Å². The minimum absolute atomic E-state index is 0.0655. The second kappa shape index (κ2) is 9.39. The maximum atomic E-state index is 13.0. The number of hydrogen-bond donors (Lipinski definition) is 2. The molecule has 0 aromatic heterocycles. The van der Waals surface area contributed by atoms with Crippen molar-refractivity contribution in [2.45, 2.75) is 6.92 Å². The van der Waals surface area contributed by atoms with Gasteiger partial charge in [0.05, 0.1) is 5.69 Å². The fourth-order valence-corrected chi connectivity index (χ4v) is 3.98. The van der Waals surface area contributed by atoms with Crippen molar-refractivity contribution in [3.63, 3.8) is 0 Å². The molecule has 0 saturated heterocycles. The van der Waals surface area contributed by atoms with Gasteiger partial charge in [0.15, 0.2) is 0 Å². The lowest BCUT2D eigenvalue weighted by atomic mass is 10.1. The molecule has 1 aliphatic rings. The van der Waals surface area contributed by atoms with E-state index in [0.29, 0.717) is 27.6 Å². The Labute approximate surface area is 208 Å². The Morgan fingerprint density at radius 1 is 0.939 bits per heavy atom. The van der Waals surface area contributed by atoms with Gasteiger partial charge in [-0.1, -0.05) is 51.3 Å². The highest BCUT2D eigenvalue weighted by atomic mass is 79.9. The van der Waals surface area contributed by atoms with Crippen molar-refractivity contribution < 1.29 is 14.4 Å². The van der Waals surface area contributed by atoms with Crippen LogP contribution >= 0.6 is 39.1 Å². The van der Waals surface area contributed by atoms with Gasteiger partial charge in [0.25, 0.3) is 17.7 Å². The molecule has 3 aromatic carbocycles. The van der Waals surface area contributed by atoms with Crippen LogP contribution in [-0.2, 0) is 9.59 Å². The average molecular weight is 545 g/mol. The van der Waals surface area contributed by atoms with Crippen LogP contribution in [0.2, 0.25) is 5.02 Å². The van der Waals surface area contributed by atoms with E-state index in [1.165, 1.54) is 0 Å². The quantitative estimate of drug-likeness (QED) is 0.380. The van der Waals surface area contributed by atoms with Crippen LogP contribution in [0.4, 0.5) is 17.1 Å². The number of benzene rings is 3. The van der Waals surface area contributed by atoms with Crippen LogP contribution in [0.15, 0.2) is 81.9 Å². The maximum Gasteiger partial charge on any atom is 0.283 e. The van der Waals surface area contributed by atoms with E-state index in [-0.39, 0.29) is 16.6 Å². The van der Waals surface area contributed by atoms with Crippen LogP contribution in [0.25, 0.3) is 0 Å². The Hall–Kier alpha value is -3.13. The van der Waals surface area contributed by atoms with Crippen molar-refractivity contribution in [1.82, 2.24) is 0 Å². The van der Waals surface area contributed by atoms with Gasteiger partial charge < -0.3 is 10.6 Å². The van der Waals surface area contributed by atoms with Gasteiger partial charge in [0, 0.05) is 26.4 Å². The Balaban J connectivity index is 1.58. The first kappa shape index (κ1) is 23.0. The molecule has 0 fully saturated rings. The van der Waals surface area contributed by atoms with Crippen LogP contribution in [0.1, 0.15) is 15.9 Å². The standard InChI is InChI=1S/C24H16BrCl2N3O3/c1-13-5-6-14(22(31)28-17-4-2-3-15(25)12-17)11-19(13)29-21-20(27)23(32)30(24(21)33)18-9-7-16(26)8-10-18/h2-12,29H,1H3,(H,28,31). The van der Waals surface area contributed by atoms with Crippen molar-refractivity contribution in [2.24, 2.45) is 0 Å². The summed E-state index contributed by atoms with van der Waals surface area (Å²) in [6.07, 6.45) is 0. The van der Waals surface area contributed by atoms with Crippen LogP contribution in [0.3, 0.4) is 0 Å². The fraction of sp³-hybridized carbons (Fsp3) is 0.0417. The van der Waals surface area contributed by atoms with Crippen molar-refractivity contribution in [1.29, 1.82) is 0 Å². The Morgan fingerprint density at radius 2 is 1.67 bits per heavy atom. The number of carbonyl (C=O) groups is 3. The monoisotopic (exact) mass is 543 g/mol. The molecule has 1 aliphatic heterocycles. The molecule has 0 unspecified atom stereocenters. The second-order valence-electron chi connectivity index (χ2n) is 7.23. The number of nitrogens with zero attached hydrogens (tertiary/aromatic N) is 1.